The van der Waals surface area contributed by atoms with Crippen molar-refractivity contribution in [3.8, 4) is 0 Å². The number of esters is 3. The fourth-order valence-electron chi connectivity index (χ4n) is 6.51. The molecule has 1 heterocycles. The van der Waals surface area contributed by atoms with Gasteiger partial charge in [0.15, 0.2) is 0 Å². The number of nitrogens with zero attached hydrogens (tertiary/aromatic N) is 1. The molecule has 2 saturated carbocycles. The largest absolute Gasteiger partial charge is 0.462 e. The SMILES string of the molecule is CC=CCCCOC(=O)N1CC(OC2CCCCCC3CC32)CC1C(=O)NC(C(=O)OC(C)(C)C)C(C)C(COC(C)=O)OC(C)=O. The number of allylic oxidation sites excluding steroid dienone is 2. The second-order valence-corrected chi connectivity index (χ2v) is 14.2. The van der Waals surface area contributed by atoms with Crippen LogP contribution in [-0.2, 0) is 42.9 Å². The number of hydrogen-bond donors (Lipinski definition) is 1. The number of fused-ring (bicyclic) bond motifs is 1. The lowest BCUT2D eigenvalue weighted by Gasteiger charge is -2.33. The zero-order chi connectivity index (χ0) is 34.7. The molecule has 0 bridgehead atoms. The van der Waals surface area contributed by atoms with Crippen molar-refractivity contribution in [2.24, 2.45) is 17.8 Å². The molecule has 8 unspecified atom stereocenters. The summed E-state index contributed by atoms with van der Waals surface area (Å²) in [5, 5.41) is 2.79. The molecule has 3 fully saturated rings. The predicted octanol–water partition coefficient (Wildman–Crippen LogP) is 4.87. The number of ether oxygens (including phenoxy) is 5. The molecule has 8 atom stereocenters. The Morgan fingerprint density at radius 1 is 0.979 bits per heavy atom. The van der Waals surface area contributed by atoms with E-state index in [0.29, 0.717) is 18.3 Å². The topological polar surface area (TPSA) is 147 Å². The van der Waals surface area contributed by atoms with Gasteiger partial charge in [0.05, 0.1) is 25.4 Å². The molecule has 0 aromatic rings. The van der Waals surface area contributed by atoms with E-state index in [9.17, 15) is 24.0 Å². The van der Waals surface area contributed by atoms with Gasteiger partial charge in [0.1, 0.15) is 30.4 Å². The summed E-state index contributed by atoms with van der Waals surface area (Å²) in [7, 11) is 0. The highest BCUT2D eigenvalue weighted by Crippen LogP contribution is 2.49. The molecule has 12 nitrogen and oxygen atoms in total. The normalized spacial score (nSPS) is 26.2. The van der Waals surface area contributed by atoms with Gasteiger partial charge in [-0.05, 0) is 65.2 Å². The molecule has 0 aromatic carbocycles. The number of nitrogens with one attached hydrogen (secondary N) is 1. The molecule has 1 N–H and O–H groups in total. The van der Waals surface area contributed by atoms with Crippen LogP contribution in [0.5, 0.6) is 0 Å². The lowest BCUT2D eigenvalue weighted by Crippen LogP contribution is -2.56. The quantitative estimate of drug-likeness (QED) is 0.118. The molecule has 0 spiro atoms. The van der Waals surface area contributed by atoms with Crippen LogP contribution in [0.15, 0.2) is 12.2 Å². The summed E-state index contributed by atoms with van der Waals surface area (Å²) in [5.41, 5.74) is -0.889. The second-order valence-electron chi connectivity index (χ2n) is 14.2. The molecule has 0 aromatic heterocycles. The summed E-state index contributed by atoms with van der Waals surface area (Å²) in [6, 6.07) is -2.26. The minimum absolute atomic E-state index is 0.0890. The number of unbranched alkanes of at least 4 members (excludes halogenated alkanes) is 1. The highest BCUT2D eigenvalue weighted by molar-refractivity contribution is 5.90. The van der Waals surface area contributed by atoms with Gasteiger partial charge in [0.25, 0.3) is 0 Å². The molecule has 2 aliphatic carbocycles. The fraction of sp³-hybridized carbons (Fsp3) is 0.800. The zero-order valence-corrected chi connectivity index (χ0v) is 29.3. The van der Waals surface area contributed by atoms with Crippen molar-refractivity contribution >= 4 is 29.9 Å². The van der Waals surface area contributed by atoms with E-state index in [1.54, 1.807) is 27.7 Å². The first-order valence-electron chi connectivity index (χ1n) is 17.2. The van der Waals surface area contributed by atoms with E-state index < -0.39 is 59.6 Å². The molecule has 1 aliphatic heterocycles. The van der Waals surface area contributed by atoms with Crippen LogP contribution in [0, 0.1) is 17.8 Å². The standard InChI is InChI=1S/C35H56N2O10/c1-8-9-10-14-17-43-34(42)37-20-26(46-29-16-13-11-12-15-25-18-27(25)29)19-28(37)32(40)36-31(33(41)47-35(5,6)7)22(2)30(45-24(4)39)21-44-23(3)38/h8-9,22,25-31H,10-21H2,1-7H3,(H,36,40). The fourth-order valence-corrected chi connectivity index (χ4v) is 6.51. The van der Waals surface area contributed by atoms with Gasteiger partial charge in [-0.3, -0.25) is 19.3 Å². The van der Waals surface area contributed by atoms with E-state index in [1.807, 2.05) is 19.1 Å². The van der Waals surface area contributed by atoms with E-state index in [0.717, 1.165) is 25.7 Å². The van der Waals surface area contributed by atoms with Crippen LogP contribution in [0.4, 0.5) is 4.79 Å². The molecule has 2 amide bonds. The molecule has 3 aliphatic rings. The van der Waals surface area contributed by atoms with Crippen LogP contribution in [0.3, 0.4) is 0 Å². The average Bonchev–Trinajstić information content (AvgIpc) is 3.60. The molecular formula is C35H56N2O10. The van der Waals surface area contributed by atoms with E-state index in [-0.39, 0.29) is 38.4 Å². The minimum atomic E-state index is -1.29. The van der Waals surface area contributed by atoms with Gasteiger partial charge < -0.3 is 29.0 Å². The van der Waals surface area contributed by atoms with Gasteiger partial charge in [0.2, 0.25) is 5.91 Å². The summed E-state index contributed by atoms with van der Waals surface area (Å²) in [6.07, 6.45) is 10.5. The molecule has 12 heteroatoms. The van der Waals surface area contributed by atoms with Crippen molar-refractivity contribution < 1.29 is 47.7 Å². The third kappa shape index (κ3) is 12.4. The van der Waals surface area contributed by atoms with E-state index >= 15 is 0 Å². The van der Waals surface area contributed by atoms with Crippen LogP contribution >= 0.6 is 0 Å². The maximum atomic E-state index is 14.1. The molecular weight excluding hydrogens is 608 g/mol. The van der Waals surface area contributed by atoms with Gasteiger partial charge in [-0.1, -0.05) is 44.8 Å². The van der Waals surface area contributed by atoms with Crippen molar-refractivity contribution in [3.63, 3.8) is 0 Å². The number of carbonyl (C=O) groups excluding carboxylic acids is 5. The van der Waals surface area contributed by atoms with E-state index in [4.69, 9.17) is 23.7 Å². The number of hydrogen-bond acceptors (Lipinski definition) is 10. The molecule has 3 rings (SSSR count). The Balaban J connectivity index is 1.82. The Kier molecular flexibility index (Phi) is 14.5. The maximum Gasteiger partial charge on any atom is 0.410 e. The highest BCUT2D eigenvalue weighted by Gasteiger charge is 2.48. The Hall–Kier alpha value is -3.15. The van der Waals surface area contributed by atoms with Gasteiger partial charge in [0, 0.05) is 26.2 Å². The third-order valence-electron chi connectivity index (χ3n) is 9.00. The number of rotatable bonds is 14. The first-order chi connectivity index (χ1) is 22.2. The molecule has 47 heavy (non-hydrogen) atoms. The van der Waals surface area contributed by atoms with Crippen LogP contribution in [-0.4, -0.2) is 90.6 Å². The third-order valence-corrected chi connectivity index (χ3v) is 9.00. The molecule has 266 valence electrons. The molecule has 1 saturated heterocycles. The lowest BCUT2D eigenvalue weighted by atomic mass is 9.94. The summed E-state index contributed by atoms with van der Waals surface area (Å²) < 4.78 is 28.4. The summed E-state index contributed by atoms with van der Waals surface area (Å²) in [5.74, 6) is -2.23. The smallest absolute Gasteiger partial charge is 0.410 e. The number of amides is 2. The minimum Gasteiger partial charge on any atom is -0.462 e. The Morgan fingerprint density at radius 3 is 2.36 bits per heavy atom. The van der Waals surface area contributed by atoms with Crippen LogP contribution in [0.25, 0.3) is 0 Å². The van der Waals surface area contributed by atoms with Crippen molar-refractivity contribution in [1.29, 1.82) is 0 Å². The molecule has 0 radical (unpaired) electrons. The Bertz CT molecular complexity index is 1120. The Morgan fingerprint density at radius 2 is 1.70 bits per heavy atom. The van der Waals surface area contributed by atoms with Gasteiger partial charge in [-0.25, -0.2) is 9.59 Å². The number of likely N-dealkylation sites (tertiary alicyclic amines) is 1. The van der Waals surface area contributed by atoms with E-state index in [2.05, 4.69) is 5.32 Å². The summed E-state index contributed by atoms with van der Waals surface area (Å²) in [6.45, 7) is 11.1. The number of carbonyl (C=O) groups is 5. The second kappa shape index (κ2) is 17.8. The van der Waals surface area contributed by atoms with Crippen LogP contribution < -0.4 is 5.32 Å². The summed E-state index contributed by atoms with van der Waals surface area (Å²) >= 11 is 0. The zero-order valence-electron chi connectivity index (χ0n) is 29.3. The van der Waals surface area contributed by atoms with Crippen LogP contribution in [0.2, 0.25) is 0 Å². The monoisotopic (exact) mass is 664 g/mol. The summed E-state index contributed by atoms with van der Waals surface area (Å²) in [4.78, 5) is 65.9. The van der Waals surface area contributed by atoms with Crippen LogP contribution in [0.1, 0.15) is 106 Å². The first kappa shape index (κ1) is 38.3. The maximum absolute atomic E-state index is 14.1. The highest BCUT2D eigenvalue weighted by atomic mass is 16.6. The Labute approximate surface area is 279 Å². The van der Waals surface area contributed by atoms with Crippen molar-refractivity contribution in [3.05, 3.63) is 12.2 Å². The van der Waals surface area contributed by atoms with E-state index in [1.165, 1.54) is 38.0 Å². The predicted molar refractivity (Wildman–Crippen MR) is 173 cm³/mol. The van der Waals surface area contributed by atoms with Gasteiger partial charge in [-0.15, -0.1) is 0 Å². The van der Waals surface area contributed by atoms with Crippen molar-refractivity contribution in [1.82, 2.24) is 10.2 Å². The lowest BCUT2D eigenvalue weighted by molar-refractivity contribution is -0.168. The first-order valence-corrected chi connectivity index (χ1v) is 17.2. The van der Waals surface area contributed by atoms with Gasteiger partial charge >= 0.3 is 24.0 Å². The van der Waals surface area contributed by atoms with Crippen molar-refractivity contribution in [2.45, 2.75) is 142 Å². The van der Waals surface area contributed by atoms with Crippen molar-refractivity contribution in [2.75, 3.05) is 19.8 Å². The van der Waals surface area contributed by atoms with Gasteiger partial charge in [-0.2, -0.15) is 0 Å². The average molecular weight is 665 g/mol.